The molecule has 0 radical (unpaired) electrons. The zero-order valence-electron chi connectivity index (χ0n) is 16.8. The minimum atomic E-state index is -0.535. The number of ether oxygens (including phenoxy) is 1. The van der Waals surface area contributed by atoms with Crippen LogP contribution in [-0.4, -0.2) is 32.8 Å². The second-order valence-corrected chi connectivity index (χ2v) is 8.18. The molecule has 1 fully saturated rings. The van der Waals surface area contributed by atoms with Crippen LogP contribution in [0.5, 0.6) is 5.75 Å². The molecule has 1 aliphatic carbocycles. The lowest BCUT2D eigenvalue weighted by molar-refractivity contribution is -0.129. The van der Waals surface area contributed by atoms with Gasteiger partial charge in [-0.2, -0.15) is 0 Å². The number of hydrogen-bond acceptors (Lipinski definition) is 6. The van der Waals surface area contributed by atoms with Crippen molar-refractivity contribution in [2.45, 2.75) is 43.7 Å². The van der Waals surface area contributed by atoms with Crippen LogP contribution in [0.2, 0.25) is 0 Å². The largest absolute Gasteiger partial charge is 0.481 e. The molecule has 2 aromatic carbocycles. The second kappa shape index (κ2) is 9.47. The van der Waals surface area contributed by atoms with Crippen LogP contribution in [0.15, 0.2) is 58.2 Å². The van der Waals surface area contributed by atoms with Crippen LogP contribution < -0.4 is 4.74 Å². The molecule has 1 unspecified atom stereocenters. The predicted octanol–water partition coefficient (Wildman–Crippen LogP) is 4.77. The maximum atomic E-state index is 14.0. The summed E-state index contributed by atoms with van der Waals surface area (Å²) in [6.07, 6.45) is 1.31. The molecule has 6 nitrogen and oxygen atoms in total. The fraction of sp³-hybridized carbons (Fsp3) is 0.318. The third-order valence-corrected chi connectivity index (χ3v) is 5.63. The highest BCUT2D eigenvalue weighted by Gasteiger charge is 2.33. The van der Waals surface area contributed by atoms with Gasteiger partial charge in [0.25, 0.3) is 11.1 Å². The van der Waals surface area contributed by atoms with Gasteiger partial charge in [0, 0.05) is 18.2 Å². The van der Waals surface area contributed by atoms with Crippen molar-refractivity contribution in [2.75, 3.05) is 5.75 Å². The van der Waals surface area contributed by atoms with E-state index in [0.29, 0.717) is 11.3 Å². The number of benzene rings is 2. The summed E-state index contributed by atoms with van der Waals surface area (Å²) in [5, 5.41) is 8.18. The Bertz CT molecular complexity index is 1040. The molecular weight excluding hydrogens is 424 g/mol. The Morgan fingerprint density at radius 2 is 1.94 bits per heavy atom. The van der Waals surface area contributed by atoms with Crippen molar-refractivity contribution in [3.63, 3.8) is 0 Å². The molecule has 0 spiro atoms. The van der Waals surface area contributed by atoms with Gasteiger partial charge in [-0.05, 0) is 50.1 Å². The predicted molar refractivity (Wildman–Crippen MR) is 110 cm³/mol. The molecule has 0 saturated heterocycles. The number of halogens is 2. The van der Waals surface area contributed by atoms with Crippen LogP contribution in [0.3, 0.4) is 0 Å². The first-order valence-corrected chi connectivity index (χ1v) is 10.9. The quantitative estimate of drug-likeness (QED) is 0.442. The van der Waals surface area contributed by atoms with Gasteiger partial charge < -0.3 is 14.1 Å². The Balaban J connectivity index is 1.33. The fourth-order valence-electron chi connectivity index (χ4n) is 3.03. The van der Waals surface area contributed by atoms with Crippen molar-refractivity contribution in [1.29, 1.82) is 0 Å². The molecule has 1 saturated carbocycles. The molecule has 31 heavy (non-hydrogen) atoms. The van der Waals surface area contributed by atoms with Crippen LogP contribution in [0.25, 0.3) is 0 Å². The molecule has 3 aromatic rings. The molecular formula is C22H21F2N3O3S. The van der Waals surface area contributed by atoms with E-state index >= 15 is 0 Å². The highest BCUT2D eigenvalue weighted by molar-refractivity contribution is 7.99. The molecule has 1 heterocycles. The third kappa shape index (κ3) is 5.61. The lowest BCUT2D eigenvalue weighted by Gasteiger charge is -2.22. The van der Waals surface area contributed by atoms with Crippen molar-refractivity contribution in [2.24, 2.45) is 0 Å². The molecule has 1 aliphatic rings. The summed E-state index contributed by atoms with van der Waals surface area (Å²) in [4.78, 5) is 14.5. The van der Waals surface area contributed by atoms with Gasteiger partial charge in [-0.3, -0.25) is 4.79 Å². The molecule has 9 heteroatoms. The molecule has 4 rings (SSSR count). The van der Waals surface area contributed by atoms with Crippen LogP contribution >= 0.6 is 11.8 Å². The number of hydrogen-bond donors (Lipinski definition) is 0. The van der Waals surface area contributed by atoms with Crippen molar-refractivity contribution in [1.82, 2.24) is 15.1 Å². The van der Waals surface area contributed by atoms with E-state index in [1.54, 1.807) is 30.0 Å². The van der Waals surface area contributed by atoms with Gasteiger partial charge in [-0.25, -0.2) is 8.78 Å². The van der Waals surface area contributed by atoms with Crippen molar-refractivity contribution >= 4 is 17.7 Å². The van der Waals surface area contributed by atoms with E-state index in [1.807, 2.05) is 0 Å². The van der Waals surface area contributed by atoms with E-state index in [0.717, 1.165) is 24.6 Å². The Kier molecular flexibility index (Phi) is 6.50. The van der Waals surface area contributed by atoms with Crippen molar-refractivity contribution < 1.29 is 22.7 Å². The van der Waals surface area contributed by atoms with E-state index in [4.69, 9.17) is 9.15 Å². The summed E-state index contributed by atoms with van der Waals surface area (Å²) in [5.74, 6) is 0.0712. The topological polar surface area (TPSA) is 68.5 Å². The summed E-state index contributed by atoms with van der Waals surface area (Å²) < 4.78 is 38.3. The normalized spacial score (nSPS) is 14.3. The summed E-state index contributed by atoms with van der Waals surface area (Å²) >= 11 is 1.13. The van der Waals surface area contributed by atoms with Gasteiger partial charge in [0.15, 0.2) is 6.10 Å². The lowest BCUT2D eigenvalue weighted by Crippen LogP contribution is -2.34. The van der Waals surface area contributed by atoms with E-state index in [9.17, 15) is 13.6 Å². The highest BCUT2D eigenvalue weighted by Crippen LogP contribution is 2.30. The highest BCUT2D eigenvalue weighted by atomic mass is 32.2. The number of rotatable bonds is 9. The van der Waals surface area contributed by atoms with Gasteiger partial charge in [0.2, 0.25) is 5.91 Å². The average Bonchev–Trinajstić information content (AvgIpc) is 3.49. The van der Waals surface area contributed by atoms with Crippen LogP contribution in [-0.2, 0) is 11.3 Å². The third-order valence-electron chi connectivity index (χ3n) is 4.82. The number of amides is 1. The van der Waals surface area contributed by atoms with Crippen molar-refractivity contribution in [3.8, 4) is 5.75 Å². The lowest BCUT2D eigenvalue weighted by atomic mass is 10.2. The first-order chi connectivity index (χ1) is 15.0. The number of carbonyl (C=O) groups excluding carboxylic acids is 1. The summed E-state index contributed by atoms with van der Waals surface area (Å²) in [6.45, 7) is 1.98. The van der Waals surface area contributed by atoms with E-state index in [1.165, 1.54) is 30.3 Å². The first kappa shape index (κ1) is 21.3. The zero-order chi connectivity index (χ0) is 21.8. The monoisotopic (exact) mass is 445 g/mol. The molecule has 0 bridgehead atoms. The summed E-state index contributed by atoms with van der Waals surface area (Å²) in [7, 11) is 0. The summed E-state index contributed by atoms with van der Waals surface area (Å²) in [6, 6.07) is 12.3. The fourth-order valence-corrected chi connectivity index (χ4v) is 3.69. The van der Waals surface area contributed by atoms with Crippen molar-refractivity contribution in [3.05, 3.63) is 71.6 Å². The van der Waals surface area contributed by atoms with Gasteiger partial charge in [-0.15, -0.1) is 10.2 Å². The number of nitrogens with zero attached hydrogens (tertiary/aromatic N) is 3. The van der Waals surface area contributed by atoms with E-state index in [2.05, 4.69) is 10.2 Å². The minimum absolute atomic E-state index is 0.105. The maximum absolute atomic E-state index is 14.0. The van der Waals surface area contributed by atoms with E-state index in [-0.39, 0.29) is 47.0 Å². The Morgan fingerprint density at radius 3 is 2.65 bits per heavy atom. The van der Waals surface area contributed by atoms with Gasteiger partial charge >= 0.3 is 0 Å². The molecule has 1 atom stereocenters. The van der Waals surface area contributed by atoms with Crippen LogP contribution in [0, 0.1) is 11.6 Å². The number of carbonyl (C=O) groups is 1. The Morgan fingerprint density at radius 1 is 1.19 bits per heavy atom. The smallest absolute Gasteiger partial charge is 0.277 e. The minimum Gasteiger partial charge on any atom is -0.481 e. The Hall–Kier alpha value is -2.94. The molecule has 0 aliphatic heterocycles. The number of aromatic nitrogens is 2. The van der Waals surface area contributed by atoms with Gasteiger partial charge in [-0.1, -0.05) is 30.0 Å². The van der Waals surface area contributed by atoms with E-state index < -0.39 is 6.10 Å². The maximum Gasteiger partial charge on any atom is 0.277 e. The second-order valence-electron chi connectivity index (χ2n) is 7.25. The van der Waals surface area contributed by atoms with Crippen LogP contribution in [0.4, 0.5) is 8.78 Å². The van der Waals surface area contributed by atoms with Crippen LogP contribution in [0.1, 0.15) is 37.3 Å². The molecule has 0 N–H and O–H groups in total. The molecule has 1 amide bonds. The Labute approximate surface area is 182 Å². The standard InChI is InChI=1S/C22H21F2N3O3S/c1-14(29-18-10-6-16(23)7-11-18)21-25-26-22(30-21)31-13-20(28)27(17-8-9-17)12-15-4-2-3-5-19(15)24/h2-7,10-11,14,17H,8-9,12-13H2,1H3. The average molecular weight is 445 g/mol. The number of thioether (sulfide) groups is 1. The summed E-state index contributed by atoms with van der Waals surface area (Å²) in [5.41, 5.74) is 0.500. The molecule has 162 valence electrons. The molecule has 1 aromatic heterocycles. The first-order valence-electron chi connectivity index (χ1n) is 9.91. The van der Waals surface area contributed by atoms with Gasteiger partial charge in [0.1, 0.15) is 17.4 Å². The zero-order valence-corrected chi connectivity index (χ0v) is 17.6. The SMILES string of the molecule is CC(Oc1ccc(F)cc1)c1nnc(SCC(=O)N(Cc2ccccc2F)C2CC2)o1. The van der Waals surface area contributed by atoms with Gasteiger partial charge in [0.05, 0.1) is 5.75 Å².